The van der Waals surface area contributed by atoms with Gasteiger partial charge in [-0.3, -0.25) is 0 Å². The van der Waals surface area contributed by atoms with E-state index in [0.717, 1.165) is 60.8 Å². The first-order valence-electron chi connectivity index (χ1n) is 18.4. The summed E-state index contributed by atoms with van der Waals surface area (Å²) in [7, 11) is 0. The van der Waals surface area contributed by atoms with E-state index in [4.69, 9.17) is 4.42 Å². The molecule has 0 atom stereocenters. The number of benzene rings is 6. The van der Waals surface area contributed by atoms with E-state index in [1.54, 1.807) is 6.07 Å². The van der Waals surface area contributed by atoms with Crippen molar-refractivity contribution in [1.82, 2.24) is 9.13 Å². The summed E-state index contributed by atoms with van der Waals surface area (Å²) in [5.41, 5.74) is 11.0. The summed E-state index contributed by atoms with van der Waals surface area (Å²) in [5, 5.41) is 6.08. The Labute approximate surface area is 304 Å². The Bertz CT molecular complexity index is 2860. The van der Waals surface area contributed by atoms with Crippen molar-refractivity contribution < 1.29 is 8.81 Å². The van der Waals surface area contributed by atoms with Gasteiger partial charge in [-0.15, -0.1) is 0 Å². The van der Waals surface area contributed by atoms with Crippen molar-refractivity contribution in [2.75, 3.05) is 0 Å². The number of para-hydroxylation sites is 2. The lowest BCUT2D eigenvalue weighted by Gasteiger charge is -2.25. The Balaban J connectivity index is 1.41. The highest BCUT2D eigenvalue weighted by Crippen LogP contribution is 2.45. The molecule has 0 saturated heterocycles. The zero-order valence-corrected chi connectivity index (χ0v) is 31.6. The van der Waals surface area contributed by atoms with Crippen LogP contribution in [0.25, 0.3) is 76.9 Å². The number of hydrogen-bond acceptors (Lipinski definition) is 1. The Kier molecular flexibility index (Phi) is 6.78. The molecule has 3 nitrogen and oxygen atoms in total. The van der Waals surface area contributed by atoms with Crippen molar-refractivity contribution in [2.24, 2.45) is 0 Å². The molecule has 0 aliphatic rings. The van der Waals surface area contributed by atoms with E-state index in [9.17, 15) is 0 Å². The SMILES string of the molecule is CC(C)(C)c1cc(-n2c3ccc(-n4c5ccccc5c5ccccc54)cc3c3c(F)cccc32)c2oc3c(C(C)(C)C)cc(C(C)(C)C)cc3c2c1. The van der Waals surface area contributed by atoms with Crippen LogP contribution in [-0.4, -0.2) is 9.13 Å². The van der Waals surface area contributed by atoms with Gasteiger partial charge in [0.15, 0.2) is 5.58 Å². The van der Waals surface area contributed by atoms with Crippen LogP contribution in [0.5, 0.6) is 0 Å². The van der Waals surface area contributed by atoms with E-state index in [1.807, 2.05) is 12.1 Å². The van der Waals surface area contributed by atoms with Crippen LogP contribution in [0.15, 0.2) is 114 Å². The average molecular weight is 685 g/mol. The summed E-state index contributed by atoms with van der Waals surface area (Å²) in [6.07, 6.45) is 0. The number of aromatic nitrogens is 2. The first-order chi connectivity index (χ1) is 24.6. The Morgan fingerprint density at radius 2 is 1.02 bits per heavy atom. The molecule has 0 radical (unpaired) electrons. The van der Waals surface area contributed by atoms with Crippen molar-refractivity contribution in [2.45, 2.75) is 78.6 Å². The molecule has 0 fully saturated rings. The number of rotatable bonds is 2. The zero-order valence-electron chi connectivity index (χ0n) is 31.6. The van der Waals surface area contributed by atoms with Crippen molar-refractivity contribution in [3.63, 3.8) is 0 Å². The second-order valence-electron chi connectivity index (χ2n) is 17.7. The molecule has 6 aromatic carbocycles. The van der Waals surface area contributed by atoms with Gasteiger partial charge in [-0.25, -0.2) is 4.39 Å². The molecule has 9 aromatic rings. The van der Waals surface area contributed by atoms with Crippen LogP contribution in [0.2, 0.25) is 0 Å². The van der Waals surface area contributed by atoms with Crippen LogP contribution in [0.3, 0.4) is 0 Å². The molecule has 3 heterocycles. The van der Waals surface area contributed by atoms with E-state index in [2.05, 4.69) is 162 Å². The van der Waals surface area contributed by atoms with E-state index in [1.165, 1.54) is 27.5 Å². The monoisotopic (exact) mass is 684 g/mol. The second-order valence-corrected chi connectivity index (χ2v) is 17.7. The van der Waals surface area contributed by atoms with Crippen molar-refractivity contribution in [1.29, 1.82) is 0 Å². The third-order valence-electron chi connectivity index (χ3n) is 11.0. The fraction of sp³-hybridized carbons (Fsp3) is 0.250. The predicted molar refractivity (Wildman–Crippen MR) is 218 cm³/mol. The Hall–Kier alpha value is -5.35. The van der Waals surface area contributed by atoms with E-state index in [-0.39, 0.29) is 22.1 Å². The summed E-state index contributed by atoms with van der Waals surface area (Å²) in [5.74, 6) is -0.238. The van der Waals surface area contributed by atoms with Gasteiger partial charge in [0.2, 0.25) is 0 Å². The summed E-state index contributed by atoms with van der Waals surface area (Å²) >= 11 is 0. The van der Waals surface area contributed by atoms with Gasteiger partial charge in [0, 0.05) is 43.6 Å². The Morgan fingerprint density at radius 3 is 1.63 bits per heavy atom. The van der Waals surface area contributed by atoms with Crippen LogP contribution in [-0.2, 0) is 16.2 Å². The first kappa shape index (κ1) is 32.6. The summed E-state index contributed by atoms with van der Waals surface area (Å²) in [6.45, 7) is 20.4. The molecule has 0 saturated carbocycles. The number of fused-ring (bicyclic) bond motifs is 9. The largest absolute Gasteiger partial charge is 0.454 e. The highest BCUT2D eigenvalue weighted by molar-refractivity contribution is 6.15. The summed E-state index contributed by atoms with van der Waals surface area (Å²) in [4.78, 5) is 0. The molecule has 0 bridgehead atoms. The topological polar surface area (TPSA) is 23.0 Å². The molecular weight excluding hydrogens is 640 g/mol. The van der Waals surface area contributed by atoms with Gasteiger partial charge in [-0.05, 0) is 88.0 Å². The van der Waals surface area contributed by atoms with Crippen molar-refractivity contribution in [3.05, 3.63) is 132 Å². The molecule has 0 unspecified atom stereocenters. The molecule has 260 valence electrons. The number of halogens is 1. The normalized spacial score (nSPS) is 13.2. The number of hydrogen-bond donors (Lipinski definition) is 0. The van der Waals surface area contributed by atoms with Crippen molar-refractivity contribution in [3.8, 4) is 11.4 Å². The standard InChI is InChI=1S/C48H45FN2O/c1-46(2,3)28-23-33-34-24-29(47(4,5)6)26-42(45(34)52-44(33)36(25-28)48(7,8)9)51-40-22-21-30(27-35(40)43-37(49)17-14-20-41(43)51)50-38-18-12-10-15-31(38)32-16-11-13-19-39(32)50/h10-27H,1-9H3. The van der Waals surface area contributed by atoms with Gasteiger partial charge in [-0.1, -0.05) is 111 Å². The number of furan rings is 1. The van der Waals surface area contributed by atoms with Crippen LogP contribution >= 0.6 is 0 Å². The third kappa shape index (κ3) is 4.76. The maximum Gasteiger partial charge on any atom is 0.159 e. The first-order valence-corrected chi connectivity index (χ1v) is 18.4. The van der Waals surface area contributed by atoms with E-state index >= 15 is 4.39 Å². The average Bonchev–Trinajstić information content (AvgIpc) is 3.74. The molecular formula is C48H45FN2O. The molecule has 4 heteroatoms. The summed E-state index contributed by atoms with van der Waals surface area (Å²) < 4.78 is 27.9. The predicted octanol–water partition coefficient (Wildman–Crippen LogP) is 13.8. The zero-order chi connectivity index (χ0) is 36.5. The molecule has 0 aliphatic carbocycles. The van der Waals surface area contributed by atoms with Crippen LogP contribution in [0.1, 0.15) is 79.0 Å². The van der Waals surface area contributed by atoms with Crippen LogP contribution < -0.4 is 0 Å². The van der Waals surface area contributed by atoms with Gasteiger partial charge in [0.05, 0.1) is 27.8 Å². The minimum atomic E-state index is -0.238. The molecule has 3 aromatic heterocycles. The summed E-state index contributed by atoms with van der Waals surface area (Å²) in [6, 6.07) is 38.2. The van der Waals surface area contributed by atoms with Crippen LogP contribution in [0.4, 0.5) is 4.39 Å². The lowest BCUT2D eigenvalue weighted by Crippen LogP contribution is -2.16. The van der Waals surface area contributed by atoms with Gasteiger partial charge in [0.1, 0.15) is 11.4 Å². The molecule has 0 amide bonds. The van der Waals surface area contributed by atoms with E-state index < -0.39 is 0 Å². The lowest BCUT2D eigenvalue weighted by molar-refractivity contribution is 0.559. The van der Waals surface area contributed by atoms with E-state index in [0.29, 0.717) is 5.39 Å². The van der Waals surface area contributed by atoms with Crippen LogP contribution in [0, 0.1) is 5.82 Å². The Morgan fingerprint density at radius 1 is 0.462 bits per heavy atom. The minimum Gasteiger partial charge on any atom is -0.454 e. The smallest absolute Gasteiger partial charge is 0.159 e. The molecule has 0 N–H and O–H groups in total. The van der Waals surface area contributed by atoms with Gasteiger partial charge in [-0.2, -0.15) is 0 Å². The lowest BCUT2D eigenvalue weighted by atomic mass is 9.79. The fourth-order valence-electron chi connectivity index (χ4n) is 8.17. The molecule has 0 spiro atoms. The maximum atomic E-state index is 16.3. The highest BCUT2D eigenvalue weighted by atomic mass is 19.1. The highest BCUT2D eigenvalue weighted by Gasteiger charge is 2.29. The van der Waals surface area contributed by atoms with Gasteiger partial charge in [0.25, 0.3) is 0 Å². The van der Waals surface area contributed by atoms with Gasteiger partial charge < -0.3 is 13.6 Å². The molecule has 52 heavy (non-hydrogen) atoms. The second kappa shape index (κ2) is 10.8. The quantitative estimate of drug-likeness (QED) is 0.178. The minimum absolute atomic E-state index is 0.0410. The molecule has 9 rings (SSSR count). The maximum absolute atomic E-state index is 16.3. The molecule has 0 aliphatic heterocycles. The van der Waals surface area contributed by atoms with Crippen molar-refractivity contribution >= 4 is 65.6 Å². The number of nitrogens with zero attached hydrogens (tertiary/aromatic N) is 2. The fourth-order valence-corrected chi connectivity index (χ4v) is 8.17. The van der Waals surface area contributed by atoms with Gasteiger partial charge >= 0.3 is 0 Å². The third-order valence-corrected chi connectivity index (χ3v) is 11.0.